The molecule has 2 aliphatic carbocycles. The molecule has 1 atom stereocenters. The number of alkyl halides is 2. The molecule has 6 heterocycles. The first kappa shape index (κ1) is 120. The minimum atomic E-state index is -3.23. The van der Waals surface area contributed by atoms with Crippen molar-refractivity contribution in [3.63, 3.8) is 0 Å². The summed E-state index contributed by atoms with van der Waals surface area (Å²) < 4.78 is 148. The maximum absolute atomic E-state index is 13.9. The van der Waals surface area contributed by atoms with E-state index in [4.69, 9.17) is 5.26 Å². The lowest BCUT2D eigenvalue weighted by Gasteiger charge is -2.17. The van der Waals surface area contributed by atoms with Gasteiger partial charge in [0.2, 0.25) is 6.20 Å². The molecule has 14 aromatic rings. The second-order valence-electron chi connectivity index (χ2n) is 42.8. The van der Waals surface area contributed by atoms with Gasteiger partial charge in [-0.1, -0.05) is 264 Å². The van der Waals surface area contributed by atoms with E-state index >= 15 is 0 Å². The topological polar surface area (TPSA) is 233 Å². The smallest absolute Gasteiger partial charge is 0.275 e. The third kappa shape index (κ3) is 33.4. The van der Waals surface area contributed by atoms with Crippen LogP contribution in [0, 0.1) is 35.7 Å². The van der Waals surface area contributed by atoms with Gasteiger partial charge in [0.25, 0.3) is 6.43 Å². The van der Waals surface area contributed by atoms with Gasteiger partial charge in [-0.05, 0) is 271 Å². The summed E-state index contributed by atoms with van der Waals surface area (Å²) >= 11 is 0. The second-order valence-corrected chi connectivity index (χ2v) is 49.0. The average Bonchev–Trinajstić information content (AvgIpc) is 1.17. The summed E-state index contributed by atoms with van der Waals surface area (Å²) in [5, 5.41) is 32.4. The molecule has 0 bridgehead atoms. The number of halogens is 5. The van der Waals surface area contributed by atoms with E-state index in [9.17, 15) is 47.2 Å². The van der Waals surface area contributed by atoms with Crippen LogP contribution in [0.3, 0.4) is 0 Å². The average molecular weight is 2090 g/mol. The predicted molar refractivity (Wildman–Crippen MR) is 599 cm³/mol. The van der Waals surface area contributed by atoms with Gasteiger partial charge in [0.15, 0.2) is 55.5 Å². The fraction of sp³-hybridized carbons (Fsp3) is 0.410. The van der Waals surface area contributed by atoms with Gasteiger partial charge >= 0.3 is 0 Å². The molecule has 0 radical (unpaired) electrons. The van der Waals surface area contributed by atoms with Gasteiger partial charge in [-0.3, -0.25) is 18.7 Å². The maximum Gasteiger partial charge on any atom is 0.283 e. The fourth-order valence-electron chi connectivity index (χ4n) is 17.5. The monoisotopic (exact) mass is 2090 g/mol. The Morgan fingerprint density at radius 2 is 0.879 bits per heavy atom. The molecule has 149 heavy (non-hydrogen) atoms. The van der Waals surface area contributed by atoms with Gasteiger partial charge in [0.1, 0.15) is 23.4 Å². The third-order valence-corrected chi connectivity index (χ3v) is 31.1. The molecule has 1 saturated carbocycles. The standard InChI is InChI=1S/C16H20N2.C16H22N2.C14H16F3N2.C14H18N2O2S.C14H18N2.C13H14F2N2.C13H17N.C12H16O2S.C10H14O2S/c1-11(2)13-7-12-5-4-6-15(12)16(8-13)14-9-17-18(3)10-14;1-11(2)15-7-6-13(8-16(15)12(3)4)14-9-17-18(5)10-14;1-8(2)10-5-4-9(6-12(10)15)11-7-19(3)18-13(11)14(16)17;1-10(2)13-6-5-11(7-14(13)19(4,17)18)12-8-15-16(3)9-12;1-10(2)14-6-5-12(7-11(14)3)13-8-15-16(4)9-13;1-8(2)10-4-13(15)11(5-12(10)14)9-6-16-17(3)7-9;1-10(2)11-6-5-7-12(8-11)13(3,4)9-14;1-9(2)10-4-3-5-12(8-10)15(13,14)11-6-7-11;1-8(2)9-5-4-6-10(7-9)13(3,11)12/h7-11H,4-6H2,1-3H3;6-12H,1-5H3;4-8,11,14H,1-3H3;5-10H,1-4H3;5-10H,1-4H3;4-8H,1-3H3;5-8,10H,1-4H3;3-5,8-9,11H,6-7H2,1-2H3;4-8H,1-3H3/q;;+1;;;;;;/p+1. The van der Waals surface area contributed by atoms with Crippen LogP contribution < -0.4 is 4.68 Å². The number of hydrogen-bond acceptors (Lipinski definition) is 12. The fourth-order valence-corrected chi connectivity index (χ4v) is 21.0. The van der Waals surface area contributed by atoms with Crippen molar-refractivity contribution in [2.24, 2.45) is 40.3 Å². The highest BCUT2D eigenvalue weighted by Gasteiger charge is 2.38. The molecule has 0 spiro atoms. The number of aryl methyl sites for hydroxylation is 7. The highest BCUT2D eigenvalue weighted by atomic mass is 32.2. The van der Waals surface area contributed by atoms with Crippen molar-refractivity contribution in [2.45, 2.75) is 288 Å². The number of sulfone groups is 3. The molecule has 1 N–H and O–H groups in total. The number of hydrogen-bond donors (Lipinski definition) is 1. The number of nitrogens with one attached hydrogen (secondary N) is 1. The van der Waals surface area contributed by atoms with Crippen molar-refractivity contribution in [1.82, 2.24) is 44.2 Å². The Labute approximate surface area is 884 Å². The first-order valence-electron chi connectivity index (χ1n) is 51.4. The molecule has 0 amide bonds. The molecule has 0 saturated heterocycles. The normalized spacial score (nSPS) is 13.4. The minimum Gasteiger partial charge on any atom is -0.275 e. The highest BCUT2D eigenvalue weighted by Crippen LogP contribution is 2.40. The van der Waals surface area contributed by atoms with Crippen LogP contribution >= 0.6 is 0 Å². The first-order chi connectivity index (χ1) is 69.8. The quantitative estimate of drug-likeness (QED) is 0.0495. The van der Waals surface area contributed by atoms with E-state index in [0.29, 0.717) is 78.4 Å². The molecule has 17 rings (SSSR count). The second kappa shape index (κ2) is 52.7. The molecule has 1 aliphatic heterocycles. The van der Waals surface area contributed by atoms with E-state index < -0.39 is 47.7 Å². The van der Waals surface area contributed by atoms with Gasteiger partial charge in [-0.15, -0.1) is 4.68 Å². The number of H-pyrrole nitrogens is 1. The van der Waals surface area contributed by atoms with Gasteiger partial charge < -0.3 is 0 Å². The van der Waals surface area contributed by atoms with Crippen LogP contribution in [0.25, 0.3) is 55.6 Å². The first-order valence-corrected chi connectivity index (χ1v) is 56.7. The van der Waals surface area contributed by atoms with Gasteiger partial charge in [-0.25, -0.2) is 47.2 Å². The summed E-state index contributed by atoms with van der Waals surface area (Å²) in [6.45, 7) is 48.1. The van der Waals surface area contributed by atoms with E-state index in [1.54, 1.807) is 102 Å². The van der Waals surface area contributed by atoms with Crippen LogP contribution in [0.15, 0.2) is 252 Å². The van der Waals surface area contributed by atoms with E-state index in [0.717, 1.165) is 46.2 Å². The van der Waals surface area contributed by atoms with E-state index in [1.807, 2.05) is 191 Å². The van der Waals surface area contributed by atoms with Crippen molar-refractivity contribution in [3.8, 4) is 61.7 Å². The Kier molecular flexibility index (Phi) is 42.4. The number of fused-ring (bicyclic) bond motifs is 1. The largest absolute Gasteiger partial charge is 0.283 e. The van der Waals surface area contributed by atoms with E-state index in [2.05, 4.69) is 200 Å². The zero-order valence-corrected chi connectivity index (χ0v) is 95.4. The molecule has 9 aromatic carbocycles. The Morgan fingerprint density at radius 3 is 1.32 bits per heavy atom. The van der Waals surface area contributed by atoms with Crippen LogP contribution in [0.4, 0.5) is 22.0 Å². The molecule has 1 unspecified atom stereocenters. The number of benzene rings is 9. The number of nitriles is 1. The summed E-state index contributed by atoms with van der Waals surface area (Å²) in [5.41, 5.74) is 26.8. The Hall–Kier alpha value is -12.6. The third-order valence-electron chi connectivity index (χ3n) is 26.6. The van der Waals surface area contributed by atoms with Crippen molar-refractivity contribution >= 4 is 41.4 Å². The molecular weight excluding hydrogens is 1930 g/mol. The summed E-state index contributed by atoms with van der Waals surface area (Å²) in [7, 11) is 1.78. The van der Waals surface area contributed by atoms with Crippen molar-refractivity contribution in [2.75, 3.05) is 19.6 Å². The maximum atomic E-state index is 13.9. The van der Waals surface area contributed by atoms with E-state index in [1.165, 1.54) is 121 Å². The van der Waals surface area contributed by atoms with Crippen LogP contribution in [0.5, 0.6) is 0 Å². The lowest BCUT2D eigenvalue weighted by molar-refractivity contribution is -0.726. The Bertz CT molecular complexity index is 7360. The highest BCUT2D eigenvalue weighted by molar-refractivity contribution is 7.92. The zero-order chi connectivity index (χ0) is 111. The summed E-state index contributed by atoms with van der Waals surface area (Å²) in [6, 6.07) is 56.1. The van der Waals surface area contributed by atoms with Crippen LogP contribution in [-0.4, -0.2) is 117 Å². The Balaban J connectivity index is 0.000000187. The molecule has 3 aliphatic rings. The summed E-state index contributed by atoms with van der Waals surface area (Å²) in [4.78, 5) is 1.30. The van der Waals surface area contributed by atoms with E-state index in [-0.39, 0.29) is 51.3 Å². The molecule has 27 heteroatoms. The Morgan fingerprint density at radius 1 is 0.430 bits per heavy atom. The lowest BCUT2D eigenvalue weighted by Crippen LogP contribution is -2.27. The number of rotatable bonds is 22. The number of nitrogens with zero attached hydrogens (tertiary/aromatic N) is 12. The minimum absolute atomic E-state index is 0.0270. The lowest BCUT2D eigenvalue weighted by atomic mass is 9.84. The van der Waals surface area contributed by atoms with Gasteiger partial charge in [0.05, 0.1) is 68.0 Å². The molecule has 19 nitrogen and oxygen atoms in total. The van der Waals surface area contributed by atoms with Gasteiger partial charge in [-0.2, -0.15) is 30.8 Å². The summed E-state index contributed by atoms with van der Waals surface area (Å²) in [6.07, 6.45) is 25.8. The summed E-state index contributed by atoms with van der Waals surface area (Å²) in [5.74, 6) is 2.00. The van der Waals surface area contributed by atoms with Crippen LogP contribution in [0.2, 0.25) is 0 Å². The number of hydrazone groups is 1. The van der Waals surface area contributed by atoms with Crippen LogP contribution in [-0.2, 0) is 83.0 Å². The van der Waals surface area contributed by atoms with Gasteiger partial charge in [0, 0.05) is 93.3 Å². The molecule has 1 fully saturated rings. The van der Waals surface area contributed by atoms with Crippen LogP contribution in [0.1, 0.15) is 320 Å². The zero-order valence-electron chi connectivity index (χ0n) is 93.0. The van der Waals surface area contributed by atoms with Crippen molar-refractivity contribution in [3.05, 3.63) is 333 Å². The SMILES string of the molecule is CC(C)c1cc(F)c(-c2c[nH][n+](C)c2)cc1F.CC(C)c1cc2c(c(-c3cnn(C)c3)c1)CCC2.CC(C)c1ccc(-c2cnn(C)c2)cc1C(C)C.CC(C)c1ccc(-c2cnn(C)c2)cc1S(C)(=O)=O.CC(C)c1ccc(C2C=[N+](C)N=C2C(F)F)cc1F.CC(C)c1cccc(C(C)(C)C#N)c1.CC(C)c1cccc(S(=O)(=O)C2CC2)c1.CC(C)c1cccc(S(C)(=O)=O)c1.Cc1cc(-c2cnn(C)c2)ccc1C(C)C. The predicted octanol–water partition coefficient (Wildman–Crippen LogP) is 29.0. The van der Waals surface area contributed by atoms with Crippen molar-refractivity contribution < 1.29 is 56.6 Å². The molecule has 796 valence electrons. The molecular formula is C122H156F5N13O6S3+2. The molecule has 5 aromatic heterocycles. The van der Waals surface area contributed by atoms with Crippen molar-refractivity contribution in [1.29, 1.82) is 5.26 Å². The number of aromatic nitrogens is 10. The number of aromatic amines is 1.